The number of methoxy groups -OCH3 is 1. The van der Waals surface area contributed by atoms with Gasteiger partial charge in [0, 0.05) is 36.9 Å². The Labute approximate surface area is 153 Å². The largest absolute Gasteiger partial charge is 0.453 e. The van der Waals surface area contributed by atoms with Gasteiger partial charge in [-0.25, -0.2) is 9.78 Å². The summed E-state index contributed by atoms with van der Waals surface area (Å²) in [5.74, 6) is 0.444. The number of unbranched alkanes of at least 4 members (excludes halogenated alkanes) is 1. The van der Waals surface area contributed by atoms with Crippen LogP contribution in [0.2, 0.25) is 0 Å². The molecule has 140 valence electrons. The minimum absolute atomic E-state index is 0.444. The lowest BCUT2D eigenvalue weighted by Crippen LogP contribution is -2.41. The minimum atomic E-state index is -0.529. The van der Waals surface area contributed by atoms with Gasteiger partial charge < -0.3 is 15.0 Å². The first kappa shape index (κ1) is 19.4. The summed E-state index contributed by atoms with van der Waals surface area (Å²) in [7, 11) is 1.33. The van der Waals surface area contributed by atoms with Gasteiger partial charge in [-0.15, -0.1) is 0 Å². The molecule has 8 nitrogen and oxygen atoms in total. The van der Waals surface area contributed by atoms with E-state index < -0.39 is 6.09 Å². The molecular weight excluding hydrogens is 332 g/mol. The van der Waals surface area contributed by atoms with Crippen LogP contribution in [0.1, 0.15) is 30.7 Å². The number of aliphatic imine (C=N–C) groups is 1. The highest BCUT2D eigenvalue weighted by Gasteiger charge is 2.05. The van der Waals surface area contributed by atoms with Crippen molar-refractivity contribution in [2.24, 2.45) is 4.99 Å². The zero-order chi connectivity index (χ0) is 18.5. The van der Waals surface area contributed by atoms with E-state index in [-0.39, 0.29) is 0 Å². The van der Waals surface area contributed by atoms with Gasteiger partial charge in [-0.2, -0.15) is 0 Å². The molecule has 2 aromatic heterocycles. The summed E-state index contributed by atoms with van der Waals surface area (Å²) in [5, 5.41) is 5.78. The highest BCUT2D eigenvalue weighted by molar-refractivity contribution is 5.93. The van der Waals surface area contributed by atoms with Crippen molar-refractivity contribution in [1.82, 2.24) is 25.6 Å². The summed E-state index contributed by atoms with van der Waals surface area (Å²) in [6.07, 6.45) is 9.35. The number of imidazole rings is 1. The van der Waals surface area contributed by atoms with E-state index in [0.717, 1.165) is 50.0 Å². The van der Waals surface area contributed by atoms with Gasteiger partial charge in [0.25, 0.3) is 0 Å². The quantitative estimate of drug-likeness (QED) is 0.362. The van der Waals surface area contributed by atoms with Crippen LogP contribution in [-0.4, -0.2) is 47.2 Å². The molecule has 8 heteroatoms. The van der Waals surface area contributed by atoms with Crippen LogP contribution < -0.4 is 10.6 Å². The Morgan fingerprint density at radius 3 is 2.92 bits per heavy atom. The number of pyridine rings is 1. The molecule has 0 saturated carbocycles. The normalized spacial score (nSPS) is 11.2. The van der Waals surface area contributed by atoms with E-state index in [1.165, 1.54) is 7.11 Å². The maximum absolute atomic E-state index is 11.4. The number of aryl methyl sites for hydroxylation is 2. The number of nitrogens with zero attached hydrogens (tertiary/aromatic N) is 3. The Balaban J connectivity index is 1.69. The molecule has 0 fully saturated rings. The van der Waals surface area contributed by atoms with Crippen LogP contribution in [-0.2, 0) is 17.6 Å². The molecule has 0 atom stereocenters. The molecule has 0 aromatic carbocycles. The summed E-state index contributed by atoms with van der Waals surface area (Å²) in [6.45, 7) is 1.31. The Hall–Kier alpha value is -2.90. The molecule has 0 saturated heterocycles. The third-order valence-electron chi connectivity index (χ3n) is 3.71. The fourth-order valence-electron chi connectivity index (χ4n) is 2.35. The molecule has 3 N–H and O–H groups in total. The van der Waals surface area contributed by atoms with Crippen LogP contribution >= 0.6 is 0 Å². The minimum Gasteiger partial charge on any atom is -0.453 e. The molecular formula is C18H26N6O2. The lowest BCUT2D eigenvalue weighted by molar-refractivity contribution is 0.176. The van der Waals surface area contributed by atoms with Crippen molar-refractivity contribution >= 4 is 12.1 Å². The van der Waals surface area contributed by atoms with Crippen LogP contribution in [0.15, 0.2) is 41.9 Å². The van der Waals surface area contributed by atoms with E-state index in [4.69, 9.17) is 0 Å². The molecule has 0 bridgehead atoms. The van der Waals surface area contributed by atoms with E-state index in [1.807, 2.05) is 24.4 Å². The third kappa shape index (κ3) is 7.78. The predicted molar refractivity (Wildman–Crippen MR) is 99.9 cm³/mol. The van der Waals surface area contributed by atoms with E-state index in [1.54, 1.807) is 12.5 Å². The summed E-state index contributed by atoms with van der Waals surface area (Å²) in [4.78, 5) is 27.2. The topological polar surface area (TPSA) is 104 Å². The van der Waals surface area contributed by atoms with Crippen molar-refractivity contribution in [2.75, 3.05) is 20.2 Å². The van der Waals surface area contributed by atoms with Gasteiger partial charge >= 0.3 is 6.09 Å². The molecule has 2 heterocycles. The number of nitrogens with one attached hydrogen (secondary N) is 3. The molecule has 0 aliphatic heterocycles. The maximum atomic E-state index is 11.4. The second kappa shape index (κ2) is 11.6. The van der Waals surface area contributed by atoms with Crippen molar-refractivity contribution in [3.63, 3.8) is 0 Å². The second-order valence-electron chi connectivity index (χ2n) is 5.73. The first-order chi connectivity index (χ1) is 12.8. The van der Waals surface area contributed by atoms with Crippen molar-refractivity contribution in [3.8, 4) is 0 Å². The number of aromatic nitrogens is 3. The second-order valence-corrected chi connectivity index (χ2v) is 5.73. The number of carbonyl (C=O) groups is 1. The molecule has 2 aromatic rings. The van der Waals surface area contributed by atoms with Crippen LogP contribution in [0.3, 0.4) is 0 Å². The third-order valence-corrected chi connectivity index (χ3v) is 3.71. The Morgan fingerprint density at radius 1 is 1.27 bits per heavy atom. The number of rotatable bonds is 9. The average Bonchev–Trinajstić information content (AvgIpc) is 3.18. The Kier molecular flexibility index (Phi) is 8.68. The van der Waals surface area contributed by atoms with Gasteiger partial charge in [0.15, 0.2) is 0 Å². The van der Waals surface area contributed by atoms with E-state index in [0.29, 0.717) is 12.5 Å². The summed E-state index contributed by atoms with van der Waals surface area (Å²) in [5.41, 5.74) is 2.16. The lowest BCUT2D eigenvalue weighted by Gasteiger charge is -2.10. The molecule has 0 unspecified atom stereocenters. The SMILES string of the molecule is COC(=O)NC(=NCCCc1cnc[nH]1)NCCCCc1ccccn1. The molecule has 0 aliphatic rings. The molecule has 0 spiro atoms. The lowest BCUT2D eigenvalue weighted by atomic mass is 10.2. The average molecular weight is 358 g/mol. The highest BCUT2D eigenvalue weighted by Crippen LogP contribution is 2.00. The standard InChI is InChI=1S/C18H26N6O2/c1-26-18(25)24-17(22-12-6-9-16-13-19-14-23-16)21-11-5-3-8-15-7-2-4-10-20-15/h2,4,7,10,13-14H,3,5-6,8-9,11-12H2,1H3,(H,19,23)(H2,21,22,24,25). The number of hydrogen-bond donors (Lipinski definition) is 3. The van der Waals surface area contributed by atoms with Crippen LogP contribution in [0.4, 0.5) is 4.79 Å². The van der Waals surface area contributed by atoms with Crippen LogP contribution in [0.25, 0.3) is 0 Å². The summed E-state index contributed by atoms with van der Waals surface area (Å²) in [6, 6.07) is 5.94. The number of H-pyrrole nitrogens is 1. The fraction of sp³-hybridized carbons (Fsp3) is 0.444. The first-order valence-corrected chi connectivity index (χ1v) is 8.78. The smallest absolute Gasteiger partial charge is 0.413 e. The van der Waals surface area contributed by atoms with Gasteiger partial charge in [0.2, 0.25) is 5.96 Å². The molecule has 0 aliphatic carbocycles. The zero-order valence-corrected chi connectivity index (χ0v) is 15.1. The number of amides is 1. The number of alkyl carbamates (subject to hydrolysis) is 1. The van der Waals surface area contributed by atoms with Gasteiger partial charge in [-0.3, -0.25) is 15.3 Å². The molecule has 2 rings (SSSR count). The monoisotopic (exact) mass is 358 g/mol. The number of guanidine groups is 1. The number of hydrogen-bond acceptors (Lipinski definition) is 5. The van der Waals surface area contributed by atoms with Gasteiger partial charge in [0.05, 0.1) is 13.4 Å². The van der Waals surface area contributed by atoms with Gasteiger partial charge in [-0.1, -0.05) is 6.07 Å². The number of aromatic amines is 1. The zero-order valence-electron chi connectivity index (χ0n) is 15.1. The van der Waals surface area contributed by atoms with Gasteiger partial charge in [-0.05, 0) is 44.2 Å². The highest BCUT2D eigenvalue weighted by atomic mass is 16.5. The Morgan fingerprint density at radius 2 is 2.19 bits per heavy atom. The van der Waals surface area contributed by atoms with Crippen molar-refractivity contribution < 1.29 is 9.53 Å². The Bertz CT molecular complexity index is 658. The van der Waals surface area contributed by atoms with Crippen LogP contribution in [0.5, 0.6) is 0 Å². The van der Waals surface area contributed by atoms with Crippen molar-refractivity contribution in [1.29, 1.82) is 0 Å². The molecule has 26 heavy (non-hydrogen) atoms. The van der Waals surface area contributed by atoms with Gasteiger partial charge in [0.1, 0.15) is 0 Å². The van der Waals surface area contributed by atoms with Crippen molar-refractivity contribution in [3.05, 3.63) is 48.3 Å². The molecule has 0 radical (unpaired) electrons. The maximum Gasteiger partial charge on any atom is 0.413 e. The number of ether oxygens (including phenoxy) is 1. The fourth-order valence-corrected chi connectivity index (χ4v) is 2.35. The predicted octanol–water partition coefficient (Wildman–Crippen LogP) is 2.06. The van der Waals surface area contributed by atoms with E-state index in [2.05, 4.69) is 35.3 Å². The summed E-state index contributed by atoms with van der Waals surface area (Å²) >= 11 is 0. The summed E-state index contributed by atoms with van der Waals surface area (Å²) < 4.78 is 4.64. The van der Waals surface area contributed by atoms with Crippen molar-refractivity contribution in [2.45, 2.75) is 32.1 Å². The van der Waals surface area contributed by atoms with E-state index >= 15 is 0 Å². The first-order valence-electron chi connectivity index (χ1n) is 8.78. The van der Waals surface area contributed by atoms with E-state index in [9.17, 15) is 4.79 Å². The number of carbonyl (C=O) groups excluding carboxylic acids is 1. The molecule has 1 amide bonds. The van der Waals surface area contributed by atoms with Crippen LogP contribution in [0, 0.1) is 0 Å².